The second-order valence-corrected chi connectivity index (χ2v) is 16.7. The molecule has 0 aromatic heterocycles. The zero-order valence-corrected chi connectivity index (χ0v) is 22.0. The number of fused-ring (bicyclic) bond motifs is 1. The van der Waals surface area contributed by atoms with Gasteiger partial charge in [-0.3, -0.25) is 4.79 Å². The highest BCUT2D eigenvalue weighted by Gasteiger charge is 2.57. The Morgan fingerprint density at radius 1 is 1.09 bits per heavy atom. The summed E-state index contributed by atoms with van der Waals surface area (Å²) in [5.41, 5.74) is 1.46. The van der Waals surface area contributed by atoms with Crippen LogP contribution in [0.5, 0.6) is 0 Å². The molecule has 180 valence electrons. The van der Waals surface area contributed by atoms with Crippen LogP contribution in [0.1, 0.15) is 76.1 Å². The molecule has 2 bridgehead atoms. The Morgan fingerprint density at radius 2 is 1.82 bits per heavy atom. The van der Waals surface area contributed by atoms with E-state index in [0.29, 0.717) is 18.0 Å². The number of benzene rings is 1. The van der Waals surface area contributed by atoms with Crippen molar-refractivity contribution in [1.29, 1.82) is 0 Å². The first kappa shape index (κ1) is 24.4. The normalized spacial score (nSPS) is 30.2. The van der Waals surface area contributed by atoms with E-state index in [1.807, 2.05) is 18.2 Å². The minimum absolute atomic E-state index is 0.0147. The van der Waals surface area contributed by atoms with Crippen molar-refractivity contribution in [3.63, 3.8) is 0 Å². The summed E-state index contributed by atoms with van der Waals surface area (Å²) in [7, 11) is -1.90. The van der Waals surface area contributed by atoms with E-state index in [9.17, 15) is 9.59 Å². The van der Waals surface area contributed by atoms with Crippen LogP contribution >= 0.6 is 0 Å². The summed E-state index contributed by atoms with van der Waals surface area (Å²) < 4.78 is 12.7. The van der Waals surface area contributed by atoms with Crippen LogP contribution in [0, 0.1) is 17.3 Å². The smallest absolute Gasteiger partial charge is 0.338 e. The van der Waals surface area contributed by atoms with Crippen molar-refractivity contribution in [1.82, 2.24) is 0 Å². The molecule has 0 N–H and O–H groups in total. The quantitative estimate of drug-likeness (QED) is 0.273. The van der Waals surface area contributed by atoms with E-state index in [0.717, 1.165) is 44.9 Å². The largest absolute Gasteiger partial charge is 0.458 e. The minimum atomic E-state index is -1.90. The van der Waals surface area contributed by atoms with Crippen molar-refractivity contribution in [2.24, 2.45) is 17.3 Å². The topological polar surface area (TPSA) is 52.6 Å². The highest BCUT2D eigenvalue weighted by Crippen LogP contribution is 2.56. The summed E-state index contributed by atoms with van der Waals surface area (Å²) in [5, 5.41) is 0.143. The molecule has 0 unspecified atom stereocenters. The lowest BCUT2D eigenvalue weighted by atomic mass is 9.68. The summed E-state index contributed by atoms with van der Waals surface area (Å²) in [4.78, 5) is 26.7. The van der Waals surface area contributed by atoms with Gasteiger partial charge >= 0.3 is 5.97 Å². The third kappa shape index (κ3) is 4.77. The van der Waals surface area contributed by atoms with Gasteiger partial charge in [0.25, 0.3) is 0 Å². The predicted molar refractivity (Wildman–Crippen MR) is 134 cm³/mol. The minimum Gasteiger partial charge on any atom is -0.458 e. The monoisotopic (exact) mass is 468 g/mol. The molecule has 3 aliphatic carbocycles. The van der Waals surface area contributed by atoms with Crippen LogP contribution in [0.15, 0.2) is 42.0 Å². The van der Waals surface area contributed by atoms with Crippen LogP contribution in [-0.2, 0) is 14.0 Å². The molecule has 33 heavy (non-hydrogen) atoms. The fourth-order valence-electron chi connectivity index (χ4n) is 5.83. The summed E-state index contributed by atoms with van der Waals surface area (Å²) in [6, 6.07) is 9.21. The van der Waals surface area contributed by atoms with E-state index in [4.69, 9.17) is 9.16 Å². The molecule has 3 aliphatic rings. The van der Waals surface area contributed by atoms with Gasteiger partial charge in [-0.25, -0.2) is 4.79 Å². The van der Waals surface area contributed by atoms with Crippen LogP contribution in [-0.4, -0.2) is 32.8 Å². The number of carbonyl (C=O) groups excluding carboxylic acids is 2. The molecule has 0 saturated heterocycles. The number of hydrogen-bond donors (Lipinski definition) is 0. The molecule has 1 spiro atoms. The average molecular weight is 469 g/mol. The number of esters is 1. The van der Waals surface area contributed by atoms with Gasteiger partial charge in [-0.15, -0.1) is 0 Å². The zero-order chi connectivity index (χ0) is 23.9. The van der Waals surface area contributed by atoms with E-state index in [2.05, 4.69) is 39.9 Å². The number of carbonyl (C=O) groups is 2. The number of ether oxygens (including phenoxy) is 1. The first-order valence-corrected chi connectivity index (χ1v) is 15.6. The molecule has 1 aromatic rings. The van der Waals surface area contributed by atoms with Gasteiger partial charge < -0.3 is 9.16 Å². The van der Waals surface area contributed by atoms with Crippen molar-refractivity contribution < 1.29 is 18.8 Å². The predicted octanol–water partition coefficient (Wildman–Crippen LogP) is 6.72. The molecule has 0 heterocycles. The van der Waals surface area contributed by atoms with Crippen molar-refractivity contribution in [3.8, 4) is 0 Å². The summed E-state index contributed by atoms with van der Waals surface area (Å²) in [6.07, 6.45) is 8.47. The third-order valence-corrected chi connectivity index (χ3v) is 13.3. The number of ketones is 1. The third-order valence-electron chi connectivity index (χ3n) is 8.86. The van der Waals surface area contributed by atoms with Gasteiger partial charge in [-0.05, 0) is 67.9 Å². The summed E-state index contributed by atoms with van der Waals surface area (Å²) in [6.45, 7) is 11.9. The Kier molecular flexibility index (Phi) is 6.76. The molecular weight excluding hydrogens is 428 g/mol. The van der Waals surface area contributed by atoms with Gasteiger partial charge in [0.1, 0.15) is 11.9 Å². The highest BCUT2D eigenvalue weighted by atomic mass is 28.4. The number of Topliss-reactive ketones (excluding diaryl/α,β-unsaturated/α-hetero) is 1. The first-order chi connectivity index (χ1) is 15.5. The Bertz CT molecular complexity index is 914. The zero-order valence-electron chi connectivity index (χ0n) is 21.0. The summed E-state index contributed by atoms with van der Waals surface area (Å²) >= 11 is 0. The molecule has 4 nitrogen and oxygen atoms in total. The fourth-order valence-corrected chi connectivity index (χ4v) is 6.80. The molecule has 0 amide bonds. The highest BCUT2D eigenvalue weighted by molar-refractivity contribution is 6.74. The molecule has 0 radical (unpaired) electrons. The molecule has 2 saturated carbocycles. The molecular formula is C28H40O4Si. The molecule has 5 heteroatoms. The van der Waals surface area contributed by atoms with Crippen LogP contribution in [0.25, 0.3) is 0 Å². The van der Waals surface area contributed by atoms with Gasteiger partial charge in [0.2, 0.25) is 0 Å². The van der Waals surface area contributed by atoms with Crippen molar-refractivity contribution in [2.75, 3.05) is 6.61 Å². The van der Waals surface area contributed by atoms with Gasteiger partial charge in [-0.1, -0.05) is 57.9 Å². The standard InChI is InChI=1S/C28H40O4Si/c1-27(2,3)33(4,5)31-19-20-17-22-13-9-10-15-28(25(22)29)16-14-24(23(28)18-20)32-26(30)21-11-7-6-8-12-21/h6-8,11-12,17,22-24H,9-10,13-16,18-19H2,1-5H3/t22-,23-,24+,28+/m1/s1. The Balaban J connectivity index is 1.59. The van der Waals surface area contributed by atoms with Crippen molar-refractivity contribution in [3.05, 3.63) is 47.5 Å². The number of rotatable bonds is 5. The Morgan fingerprint density at radius 3 is 2.52 bits per heavy atom. The van der Waals surface area contributed by atoms with Crippen molar-refractivity contribution in [2.45, 2.75) is 90.0 Å². The Hall–Kier alpha value is -1.72. The average Bonchev–Trinajstić information content (AvgIpc) is 2.96. The van der Waals surface area contributed by atoms with Gasteiger partial charge in [-0.2, -0.15) is 0 Å². The van der Waals surface area contributed by atoms with Crippen molar-refractivity contribution >= 4 is 20.1 Å². The van der Waals surface area contributed by atoms with E-state index < -0.39 is 8.32 Å². The maximum absolute atomic E-state index is 13.8. The second-order valence-electron chi connectivity index (χ2n) is 11.9. The van der Waals surface area contributed by atoms with Crippen LogP contribution in [0.2, 0.25) is 18.1 Å². The lowest BCUT2D eigenvalue weighted by molar-refractivity contribution is -0.134. The molecule has 0 aliphatic heterocycles. The van der Waals surface area contributed by atoms with E-state index in [1.54, 1.807) is 12.1 Å². The van der Waals surface area contributed by atoms with Gasteiger partial charge in [0.05, 0.1) is 12.2 Å². The van der Waals surface area contributed by atoms with Crippen LogP contribution in [0.4, 0.5) is 0 Å². The maximum atomic E-state index is 13.8. The maximum Gasteiger partial charge on any atom is 0.338 e. The number of allylic oxidation sites excluding steroid dienone is 1. The molecule has 4 atom stereocenters. The van der Waals surface area contributed by atoms with Gasteiger partial charge in [0, 0.05) is 17.3 Å². The van der Waals surface area contributed by atoms with E-state index >= 15 is 0 Å². The SMILES string of the molecule is CC(C)(C)[Si](C)(C)OCC1=C[C@H]2CCCC[C@@]3(CC[C@H](OC(=O)c4ccccc4)[C@H]3C1)C2=O. The molecule has 2 fully saturated rings. The number of hydrogen-bond acceptors (Lipinski definition) is 4. The lowest BCUT2D eigenvalue weighted by Gasteiger charge is -2.37. The van der Waals surface area contributed by atoms with Crippen LogP contribution < -0.4 is 0 Å². The Labute approximate surface area is 200 Å². The summed E-state index contributed by atoms with van der Waals surface area (Å²) in [5.74, 6) is 0.155. The fraction of sp³-hybridized carbons (Fsp3) is 0.643. The van der Waals surface area contributed by atoms with Gasteiger partial charge in [0.15, 0.2) is 8.32 Å². The molecule has 1 aromatic carbocycles. The second kappa shape index (κ2) is 9.14. The van der Waals surface area contributed by atoms with E-state index in [-0.39, 0.29) is 34.4 Å². The lowest BCUT2D eigenvalue weighted by Crippen LogP contribution is -2.41. The first-order valence-electron chi connectivity index (χ1n) is 12.7. The van der Waals surface area contributed by atoms with E-state index in [1.165, 1.54) is 5.57 Å². The molecule has 4 rings (SSSR count). The van der Waals surface area contributed by atoms with Crippen LogP contribution in [0.3, 0.4) is 0 Å².